The Hall–Kier alpha value is -7.16. The van der Waals surface area contributed by atoms with Crippen molar-refractivity contribution in [1.29, 1.82) is 0 Å². The topological polar surface area (TPSA) is 16.4 Å². The number of nitrogens with zero attached hydrogens (tertiary/aromatic N) is 1. The van der Waals surface area contributed by atoms with E-state index in [1.165, 1.54) is 49.7 Å². The summed E-state index contributed by atoms with van der Waals surface area (Å²) in [6.45, 7) is 0. The Balaban J connectivity index is 1.05. The van der Waals surface area contributed by atoms with Crippen LogP contribution in [0.2, 0.25) is 0 Å². The molecule has 2 nitrogen and oxygen atoms in total. The highest BCUT2D eigenvalue weighted by atomic mass is 16.3. The SMILES string of the molecule is c1ccc(-c2cccc(-c3ccc(N(c4ccc(-c5cccc(-c6cccc7ccccc67)c5)cc4)c4cccc5c4oc4ccccc45)cc3)c2)cc1. The third kappa shape index (κ3) is 5.71. The summed E-state index contributed by atoms with van der Waals surface area (Å²) in [4.78, 5) is 2.31. The summed E-state index contributed by atoms with van der Waals surface area (Å²) < 4.78 is 6.59. The fraction of sp³-hybridized carbons (Fsp3) is 0. The summed E-state index contributed by atoms with van der Waals surface area (Å²) >= 11 is 0. The first kappa shape index (κ1) is 31.6. The minimum absolute atomic E-state index is 0.866. The molecule has 2 heteroatoms. The highest BCUT2D eigenvalue weighted by Gasteiger charge is 2.19. The van der Waals surface area contributed by atoms with Crippen LogP contribution in [0.15, 0.2) is 217 Å². The molecule has 0 bridgehead atoms. The lowest BCUT2D eigenvalue weighted by Gasteiger charge is -2.26. The van der Waals surface area contributed by atoms with Gasteiger partial charge in [-0.25, -0.2) is 0 Å². The number of anilines is 3. The molecule has 0 fully saturated rings. The van der Waals surface area contributed by atoms with Gasteiger partial charge < -0.3 is 9.32 Å². The van der Waals surface area contributed by atoms with Crippen LogP contribution in [0.5, 0.6) is 0 Å². The summed E-state index contributed by atoms with van der Waals surface area (Å²) in [6, 6.07) is 75.8. The lowest BCUT2D eigenvalue weighted by molar-refractivity contribution is 0.669. The zero-order chi connectivity index (χ0) is 35.8. The molecule has 0 saturated heterocycles. The molecule has 9 aromatic carbocycles. The van der Waals surface area contributed by atoms with Crippen LogP contribution in [-0.4, -0.2) is 0 Å². The molecule has 0 atom stereocenters. The first-order valence-corrected chi connectivity index (χ1v) is 18.4. The summed E-state index contributed by atoms with van der Waals surface area (Å²) in [7, 11) is 0. The molecule has 254 valence electrons. The van der Waals surface area contributed by atoms with E-state index in [9.17, 15) is 0 Å². The third-order valence-corrected chi connectivity index (χ3v) is 10.5. The van der Waals surface area contributed by atoms with E-state index in [1.54, 1.807) is 0 Å². The van der Waals surface area contributed by atoms with Crippen molar-refractivity contribution in [3.63, 3.8) is 0 Å². The van der Waals surface area contributed by atoms with Crippen LogP contribution in [0.1, 0.15) is 0 Å². The van der Waals surface area contributed by atoms with Crippen LogP contribution in [0, 0.1) is 0 Å². The molecule has 10 rings (SSSR count). The van der Waals surface area contributed by atoms with Crippen LogP contribution in [0.4, 0.5) is 17.1 Å². The molecule has 54 heavy (non-hydrogen) atoms. The minimum atomic E-state index is 0.866. The van der Waals surface area contributed by atoms with E-state index >= 15 is 0 Å². The van der Waals surface area contributed by atoms with E-state index in [0.717, 1.165) is 44.6 Å². The number of hydrogen-bond acceptors (Lipinski definition) is 2. The maximum atomic E-state index is 6.59. The zero-order valence-corrected chi connectivity index (χ0v) is 29.6. The Bertz CT molecular complexity index is 2920. The molecule has 0 saturated carbocycles. The maximum Gasteiger partial charge on any atom is 0.159 e. The largest absolute Gasteiger partial charge is 0.454 e. The van der Waals surface area contributed by atoms with Crippen molar-refractivity contribution in [3.8, 4) is 44.5 Å². The van der Waals surface area contributed by atoms with Crippen molar-refractivity contribution in [2.75, 3.05) is 4.90 Å². The smallest absolute Gasteiger partial charge is 0.159 e. The summed E-state index contributed by atoms with van der Waals surface area (Å²) in [5.41, 5.74) is 14.4. The van der Waals surface area contributed by atoms with Gasteiger partial charge in [0, 0.05) is 22.1 Å². The lowest BCUT2D eigenvalue weighted by Crippen LogP contribution is -2.10. The number of hydrogen-bond donors (Lipinski definition) is 0. The van der Waals surface area contributed by atoms with E-state index in [0.29, 0.717) is 0 Å². The predicted octanol–water partition coefficient (Wildman–Crippen LogP) is 14.9. The highest BCUT2D eigenvalue weighted by Crippen LogP contribution is 2.43. The molecule has 10 aromatic rings. The van der Waals surface area contributed by atoms with E-state index < -0.39 is 0 Å². The van der Waals surface area contributed by atoms with Gasteiger partial charge >= 0.3 is 0 Å². The van der Waals surface area contributed by atoms with Gasteiger partial charge in [0.25, 0.3) is 0 Å². The van der Waals surface area contributed by atoms with Crippen molar-refractivity contribution in [3.05, 3.63) is 212 Å². The van der Waals surface area contributed by atoms with E-state index in [1.807, 2.05) is 12.1 Å². The van der Waals surface area contributed by atoms with Crippen LogP contribution in [-0.2, 0) is 0 Å². The zero-order valence-electron chi connectivity index (χ0n) is 29.6. The van der Waals surface area contributed by atoms with Crippen LogP contribution in [0.3, 0.4) is 0 Å². The average molecular weight is 690 g/mol. The fourth-order valence-corrected chi connectivity index (χ4v) is 7.79. The van der Waals surface area contributed by atoms with Gasteiger partial charge in [-0.1, -0.05) is 164 Å². The van der Waals surface area contributed by atoms with Gasteiger partial charge in [0.05, 0.1) is 5.69 Å². The predicted molar refractivity (Wildman–Crippen MR) is 228 cm³/mol. The fourth-order valence-electron chi connectivity index (χ4n) is 7.79. The van der Waals surface area contributed by atoms with Crippen molar-refractivity contribution in [2.24, 2.45) is 0 Å². The average Bonchev–Trinajstić information content (AvgIpc) is 3.64. The van der Waals surface area contributed by atoms with Gasteiger partial charge in [-0.15, -0.1) is 0 Å². The molecular formula is C52H35NO. The molecule has 0 N–H and O–H groups in total. The van der Waals surface area contributed by atoms with Gasteiger partial charge in [-0.3, -0.25) is 0 Å². The van der Waals surface area contributed by atoms with Crippen LogP contribution >= 0.6 is 0 Å². The quantitative estimate of drug-likeness (QED) is 0.166. The van der Waals surface area contributed by atoms with Crippen molar-refractivity contribution < 1.29 is 4.42 Å². The Morgan fingerprint density at radius 3 is 1.50 bits per heavy atom. The van der Waals surface area contributed by atoms with E-state index in [-0.39, 0.29) is 0 Å². The van der Waals surface area contributed by atoms with Crippen LogP contribution in [0.25, 0.3) is 77.2 Å². The van der Waals surface area contributed by atoms with Crippen molar-refractivity contribution >= 4 is 49.8 Å². The molecule has 1 aromatic heterocycles. The number of benzene rings is 9. The Morgan fingerprint density at radius 1 is 0.315 bits per heavy atom. The number of para-hydroxylation sites is 2. The molecule has 0 aliphatic rings. The minimum Gasteiger partial charge on any atom is -0.454 e. The third-order valence-electron chi connectivity index (χ3n) is 10.5. The molecule has 0 aliphatic heterocycles. The second kappa shape index (κ2) is 13.4. The Labute approximate surface area is 314 Å². The normalized spacial score (nSPS) is 11.3. The van der Waals surface area contributed by atoms with Gasteiger partial charge in [0.15, 0.2) is 5.58 Å². The Kier molecular flexibility index (Phi) is 7.85. The van der Waals surface area contributed by atoms with Gasteiger partial charge in [0.1, 0.15) is 5.58 Å². The number of furan rings is 1. The Morgan fingerprint density at radius 2 is 0.796 bits per heavy atom. The summed E-state index contributed by atoms with van der Waals surface area (Å²) in [6.07, 6.45) is 0. The van der Waals surface area contributed by atoms with Gasteiger partial charge in [0.2, 0.25) is 0 Å². The van der Waals surface area contributed by atoms with E-state index in [2.05, 4.69) is 205 Å². The first-order valence-electron chi connectivity index (χ1n) is 18.4. The van der Waals surface area contributed by atoms with E-state index in [4.69, 9.17) is 4.42 Å². The number of fused-ring (bicyclic) bond motifs is 4. The van der Waals surface area contributed by atoms with Gasteiger partial charge in [-0.05, 0) is 104 Å². The molecule has 0 radical (unpaired) electrons. The summed E-state index contributed by atoms with van der Waals surface area (Å²) in [5, 5.41) is 4.73. The molecule has 0 amide bonds. The lowest BCUT2D eigenvalue weighted by atomic mass is 9.95. The molecule has 0 aliphatic carbocycles. The first-order chi connectivity index (χ1) is 26.8. The second-order valence-corrected chi connectivity index (χ2v) is 13.7. The van der Waals surface area contributed by atoms with Gasteiger partial charge in [-0.2, -0.15) is 0 Å². The maximum absolute atomic E-state index is 6.59. The standard InChI is InChI=1S/C52H35NO/c1-2-12-36(13-3-1)40-16-8-17-41(34-40)37-26-30-44(31-27-37)53(50-24-11-23-49-48-21-6-7-25-51(48)54-52(49)50)45-32-28-38(29-33-45)42-18-9-19-43(35-42)47-22-10-15-39-14-4-5-20-46(39)47/h1-35H. The second-order valence-electron chi connectivity index (χ2n) is 13.7. The number of rotatable bonds is 7. The van der Waals surface area contributed by atoms with Crippen LogP contribution < -0.4 is 4.90 Å². The molecular weight excluding hydrogens is 655 g/mol. The molecule has 0 spiro atoms. The summed E-state index contributed by atoms with van der Waals surface area (Å²) in [5.74, 6) is 0. The van der Waals surface area contributed by atoms with Crippen molar-refractivity contribution in [2.45, 2.75) is 0 Å². The monoisotopic (exact) mass is 689 g/mol. The van der Waals surface area contributed by atoms with Crippen molar-refractivity contribution in [1.82, 2.24) is 0 Å². The molecule has 1 heterocycles. The molecule has 0 unspecified atom stereocenters. The highest BCUT2D eigenvalue weighted by molar-refractivity contribution is 6.10.